The van der Waals surface area contributed by atoms with Gasteiger partial charge < -0.3 is 8.98 Å². The maximum Gasteiger partial charge on any atom is 0.142 e. The van der Waals surface area contributed by atoms with Gasteiger partial charge in [0.05, 0.1) is 11.0 Å². The summed E-state index contributed by atoms with van der Waals surface area (Å²) < 4.78 is 9.75. The number of hydrogen-bond acceptors (Lipinski definition) is 1. The lowest BCUT2D eigenvalue weighted by Gasteiger charge is -2.18. The molecule has 0 radical (unpaired) electrons. The quantitative estimate of drug-likeness (QED) is 0.173. The van der Waals surface area contributed by atoms with Gasteiger partial charge in [-0.15, -0.1) is 0 Å². The normalized spacial score (nSPS) is 12.2. The zero-order chi connectivity index (χ0) is 34.4. The maximum absolute atomic E-state index is 7.33. The van der Waals surface area contributed by atoms with Crippen LogP contribution in [0.25, 0.3) is 89.6 Å². The fraction of sp³-hybridized carbons (Fsp3) is 0.0400. The summed E-state index contributed by atoms with van der Waals surface area (Å²) in [7, 11) is 0. The van der Waals surface area contributed by atoms with E-state index in [-0.39, 0.29) is 0 Å². The van der Waals surface area contributed by atoms with Crippen LogP contribution in [0.2, 0.25) is 0 Å². The summed E-state index contributed by atoms with van der Waals surface area (Å²) in [5, 5.41) is 2.45. The zero-order valence-corrected chi connectivity index (χ0v) is 28.5. The monoisotopic (exact) mass is 663 g/mol. The molecule has 0 spiro atoms. The minimum Gasteiger partial charge on any atom is -0.455 e. The molecule has 10 rings (SSSR count). The Morgan fingerprint density at radius 3 is 2.08 bits per heavy atom. The van der Waals surface area contributed by atoms with Crippen molar-refractivity contribution in [2.45, 2.75) is 12.8 Å². The lowest BCUT2D eigenvalue weighted by atomic mass is 9.86. The fourth-order valence-corrected chi connectivity index (χ4v) is 8.12. The Bertz CT molecular complexity index is 2770. The van der Waals surface area contributed by atoms with Crippen LogP contribution in [0.4, 0.5) is 0 Å². The molecule has 9 aromatic rings. The Morgan fingerprint density at radius 1 is 0.538 bits per heavy atom. The average molecular weight is 664 g/mol. The summed E-state index contributed by atoms with van der Waals surface area (Å²) in [6.07, 6.45) is 6.40. The third kappa shape index (κ3) is 4.83. The Labute approximate surface area is 303 Å². The van der Waals surface area contributed by atoms with E-state index in [9.17, 15) is 0 Å². The molecule has 2 nitrogen and oxygen atoms in total. The number of allylic oxidation sites excluding steroid dienone is 1. The Hall–Kier alpha value is -6.82. The summed E-state index contributed by atoms with van der Waals surface area (Å²) >= 11 is 0. The van der Waals surface area contributed by atoms with Crippen LogP contribution in [0.1, 0.15) is 17.5 Å². The van der Waals surface area contributed by atoms with Gasteiger partial charge in [0.1, 0.15) is 11.5 Å². The van der Waals surface area contributed by atoms with Crippen LogP contribution in [0.5, 0.6) is 0 Å². The molecule has 1 aliphatic rings. The van der Waals surface area contributed by atoms with E-state index in [1.54, 1.807) is 0 Å². The van der Waals surface area contributed by atoms with Crippen LogP contribution in [-0.2, 0) is 6.42 Å². The van der Waals surface area contributed by atoms with Crippen molar-refractivity contribution in [2.24, 2.45) is 0 Å². The van der Waals surface area contributed by atoms with Gasteiger partial charge in [-0.05, 0) is 59.9 Å². The third-order valence-electron chi connectivity index (χ3n) is 10.4. The highest BCUT2D eigenvalue weighted by molar-refractivity contribution is 6.15. The molecule has 2 heterocycles. The van der Waals surface area contributed by atoms with Crippen LogP contribution in [0.15, 0.2) is 174 Å². The van der Waals surface area contributed by atoms with E-state index in [2.05, 4.69) is 181 Å². The summed E-state index contributed by atoms with van der Waals surface area (Å²) in [6, 6.07) is 64.7. The van der Waals surface area contributed by atoms with Gasteiger partial charge >= 0.3 is 0 Å². The second-order valence-corrected chi connectivity index (χ2v) is 13.3. The van der Waals surface area contributed by atoms with Crippen molar-refractivity contribution in [3.8, 4) is 61.7 Å². The molecule has 0 fully saturated rings. The molecule has 0 bridgehead atoms. The van der Waals surface area contributed by atoms with Crippen LogP contribution in [-0.4, -0.2) is 4.57 Å². The van der Waals surface area contributed by atoms with E-state index in [4.69, 9.17) is 4.42 Å². The molecule has 52 heavy (non-hydrogen) atoms. The molecule has 0 amide bonds. The van der Waals surface area contributed by atoms with Gasteiger partial charge in [-0.2, -0.15) is 0 Å². The number of furan rings is 1. The van der Waals surface area contributed by atoms with Crippen molar-refractivity contribution >= 4 is 27.9 Å². The van der Waals surface area contributed by atoms with Crippen molar-refractivity contribution in [1.82, 2.24) is 4.57 Å². The third-order valence-corrected chi connectivity index (χ3v) is 10.4. The number of aromatic nitrogens is 1. The lowest BCUT2D eigenvalue weighted by molar-refractivity contribution is 0.594. The second-order valence-electron chi connectivity index (χ2n) is 13.3. The van der Waals surface area contributed by atoms with Gasteiger partial charge in [0, 0.05) is 55.4 Å². The second kappa shape index (κ2) is 12.5. The lowest BCUT2D eigenvalue weighted by Crippen LogP contribution is -1.98. The fourth-order valence-electron chi connectivity index (χ4n) is 8.12. The van der Waals surface area contributed by atoms with Crippen molar-refractivity contribution in [1.29, 1.82) is 0 Å². The van der Waals surface area contributed by atoms with Crippen LogP contribution >= 0.6 is 0 Å². The van der Waals surface area contributed by atoms with Crippen molar-refractivity contribution < 1.29 is 4.42 Å². The largest absolute Gasteiger partial charge is 0.455 e. The molecular weight excluding hydrogens is 631 g/mol. The summed E-state index contributed by atoms with van der Waals surface area (Å²) in [4.78, 5) is 0. The van der Waals surface area contributed by atoms with Gasteiger partial charge in [0.15, 0.2) is 0 Å². The Kier molecular flexibility index (Phi) is 7.22. The highest BCUT2D eigenvalue weighted by Crippen LogP contribution is 2.50. The van der Waals surface area contributed by atoms with Crippen LogP contribution in [0.3, 0.4) is 0 Å². The Morgan fingerprint density at radius 2 is 1.23 bits per heavy atom. The predicted molar refractivity (Wildman–Crippen MR) is 215 cm³/mol. The summed E-state index contributed by atoms with van der Waals surface area (Å²) in [6.45, 7) is 0. The van der Waals surface area contributed by atoms with Crippen molar-refractivity contribution in [3.05, 3.63) is 193 Å². The highest BCUT2D eigenvalue weighted by Gasteiger charge is 2.29. The van der Waals surface area contributed by atoms with Gasteiger partial charge in [0.2, 0.25) is 0 Å². The number of para-hydroxylation sites is 3. The van der Waals surface area contributed by atoms with E-state index >= 15 is 0 Å². The first-order chi connectivity index (χ1) is 25.8. The number of nitrogens with zero attached hydrogens (tertiary/aromatic N) is 1. The van der Waals surface area contributed by atoms with E-state index < -0.39 is 0 Å². The summed E-state index contributed by atoms with van der Waals surface area (Å²) in [5.41, 5.74) is 14.7. The average Bonchev–Trinajstić information content (AvgIpc) is 3.78. The first-order valence-electron chi connectivity index (χ1n) is 17.9. The molecule has 244 valence electrons. The maximum atomic E-state index is 7.33. The van der Waals surface area contributed by atoms with Gasteiger partial charge in [0.25, 0.3) is 0 Å². The molecule has 0 atom stereocenters. The standard InChI is InChI=1S/C50H33NO/c1-4-18-34(19-5-1)37-24-10-11-26-43(37)49-44-27-12-13-28-45(44)50(52-49)47-38(35-20-6-2-7-21-35)29-16-30-40(47)42-32-17-31-41-39-25-14-15-33-46(39)51(48(41)42)36-22-8-3-9-23-36/h1-6,8-12,14-20,22-27,29-33H,13,28H2. The van der Waals surface area contributed by atoms with Crippen LogP contribution < -0.4 is 0 Å². The molecule has 0 saturated heterocycles. The first-order valence-corrected chi connectivity index (χ1v) is 17.9. The van der Waals surface area contributed by atoms with E-state index in [1.807, 2.05) is 12.1 Å². The molecule has 0 aliphatic heterocycles. The molecule has 0 N–H and O–H groups in total. The number of hydrogen-bond donors (Lipinski definition) is 0. The van der Waals surface area contributed by atoms with E-state index in [0.29, 0.717) is 0 Å². The minimum atomic E-state index is 0.894. The Balaban J connectivity index is 1.31. The van der Waals surface area contributed by atoms with E-state index in [1.165, 1.54) is 32.9 Å². The molecular formula is C50H33NO. The van der Waals surface area contributed by atoms with Crippen LogP contribution in [0, 0.1) is 12.1 Å². The molecule has 7 aromatic carbocycles. The van der Waals surface area contributed by atoms with Crippen molar-refractivity contribution in [3.63, 3.8) is 0 Å². The van der Waals surface area contributed by atoms with E-state index in [0.717, 1.165) is 74.6 Å². The molecule has 2 heteroatoms. The smallest absolute Gasteiger partial charge is 0.142 e. The number of fused-ring (bicyclic) bond motifs is 4. The summed E-state index contributed by atoms with van der Waals surface area (Å²) in [5.74, 6) is 1.82. The molecule has 2 aromatic heterocycles. The number of rotatable bonds is 6. The number of benzene rings is 6. The predicted octanol–water partition coefficient (Wildman–Crippen LogP) is 13.3. The molecule has 0 saturated carbocycles. The molecule has 0 unspecified atom stereocenters. The van der Waals surface area contributed by atoms with Crippen molar-refractivity contribution in [2.75, 3.05) is 0 Å². The SMILES string of the molecule is c1cccc(-c2cccc(-c3cccc4c5ccccc5n(-c5ccccc5)c34)c2-c2oc(-c3ccccc3-c3ccccc3)c3c2CCC=C3)c#1. The van der Waals surface area contributed by atoms with Gasteiger partial charge in [-0.3, -0.25) is 0 Å². The zero-order valence-electron chi connectivity index (χ0n) is 28.5. The highest BCUT2D eigenvalue weighted by atomic mass is 16.3. The molecule has 1 aliphatic carbocycles. The topological polar surface area (TPSA) is 18.1 Å². The van der Waals surface area contributed by atoms with Gasteiger partial charge in [-0.1, -0.05) is 158 Å². The minimum absolute atomic E-state index is 0.894. The van der Waals surface area contributed by atoms with Gasteiger partial charge in [-0.25, -0.2) is 0 Å². The first kappa shape index (κ1) is 30.0.